The summed E-state index contributed by atoms with van der Waals surface area (Å²) in [5, 5.41) is 4.01. The second-order valence-electron chi connectivity index (χ2n) is 4.90. The monoisotopic (exact) mass is 254 g/mol. The lowest BCUT2D eigenvalue weighted by molar-refractivity contribution is 0.0749. The van der Waals surface area contributed by atoms with Crippen molar-refractivity contribution in [3.05, 3.63) is 11.8 Å². The molecule has 0 atom stereocenters. The lowest BCUT2D eigenvalue weighted by Crippen LogP contribution is -2.46. The third-order valence-electron chi connectivity index (χ3n) is 2.93. The Kier molecular flexibility index (Phi) is 3.07. The number of thioether (sulfide) groups is 1. The lowest BCUT2D eigenvalue weighted by Gasteiger charge is -2.37. The summed E-state index contributed by atoms with van der Waals surface area (Å²) in [6.07, 6.45) is 1.55. The van der Waals surface area contributed by atoms with Gasteiger partial charge in [-0.15, -0.1) is 0 Å². The number of nitrogens with two attached hydrogens (primary N) is 1. The lowest BCUT2D eigenvalue weighted by atomic mass is 10.1. The number of aromatic nitrogens is 2. The highest BCUT2D eigenvalue weighted by molar-refractivity contribution is 8.00. The van der Waals surface area contributed by atoms with E-state index in [2.05, 4.69) is 18.9 Å². The van der Waals surface area contributed by atoms with E-state index in [0.29, 0.717) is 11.4 Å². The molecule has 0 radical (unpaired) electrons. The van der Waals surface area contributed by atoms with Gasteiger partial charge >= 0.3 is 0 Å². The van der Waals surface area contributed by atoms with Crippen LogP contribution in [0.2, 0.25) is 0 Å². The summed E-state index contributed by atoms with van der Waals surface area (Å²) in [6.45, 7) is 5.85. The van der Waals surface area contributed by atoms with Crippen molar-refractivity contribution in [3.63, 3.8) is 0 Å². The maximum atomic E-state index is 12.3. The quantitative estimate of drug-likeness (QED) is 0.811. The van der Waals surface area contributed by atoms with E-state index in [4.69, 9.17) is 5.73 Å². The SMILES string of the molecule is Cn1ncc(C(=O)N2CCSC(C)(C)C2)c1N. The van der Waals surface area contributed by atoms with Crippen molar-refractivity contribution in [2.75, 3.05) is 24.6 Å². The van der Waals surface area contributed by atoms with Crippen molar-refractivity contribution in [1.82, 2.24) is 14.7 Å². The molecule has 1 aliphatic heterocycles. The fraction of sp³-hybridized carbons (Fsp3) is 0.636. The van der Waals surface area contributed by atoms with Crippen LogP contribution in [0.4, 0.5) is 5.82 Å². The van der Waals surface area contributed by atoms with Crippen LogP contribution in [0.25, 0.3) is 0 Å². The molecular formula is C11H18N4OS. The first-order chi connectivity index (χ1) is 7.91. The molecule has 1 aromatic rings. The Morgan fingerprint density at radius 2 is 2.29 bits per heavy atom. The summed E-state index contributed by atoms with van der Waals surface area (Å²) >= 11 is 1.90. The van der Waals surface area contributed by atoms with Crippen molar-refractivity contribution in [2.24, 2.45) is 7.05 Å². The molecule has 0 aliphatic carbocycles. The molecule has 1 saturated heterocycles. The van der Waals surface area contributed by atoms with Crippen LogP contribution in [0, 0.1) is 0 Å². The molecule has 1 aliphatic rings. The van der Waals surface area contributed by atoms with Gasteiger partial charge in [0.2, 0.25) is 0 Å². The smallest absolute Gasteiger partial charge is 0.259 e. The Labute approximate surface area is 105 Å². The third kappa shape index (κ3) is 2.41. The number of rotatable bonds is 1. The minimum absolute atomic E-state index is 0.0102. The van der Waals surface area contributed by atoms with Gasteiger partial charge in [-0.25, -0.2) is 0 Å². The Hall–Kier alpha value is -1.17. The molecule has 0 unspecified atom stereocenters. The van der Waals surface area contributed by atoms with Crippen molar-refractivity contribution in [1.29, 1.82) is 0 Å². The summed E-state index contributed by atoms with van der Waals surface area (Å²) in [5.41, 5.74) is 6.33. The number of nitrogen functional groups attached to an aromatic ring is 1. The molecule has 1 amide bonds. The molecule has 6 heteroatoms. The molecule has 94 valence electrons. The van der Waals surface area contributed by atoms with Crippen LogP contribution in [0.1, 0.15) is 24.2 Å². The van der Waals surface area contributed by atoms with Gasteiger partial charge in [0, 0.05) is 30.6 Å². The standard InChI is InChI=1S/C11H18N4OS/c1-11(2)7-15(4-5-17-11)10(16)8-6-13-14(3)9(8)12/h6H,4-5,7,12H2,1-3H3. The van der Waals surface area contributed by atoms with Crippen LogP contribution in [-0.2, 0) is 7.05 Å². The largest absolute Gasteiger partial charge is 0.383 e. The van der Waals surface area contributed by atoms with Crippen LogP contribution in [0.5, 0.6) is 0 Å². The van der Waals surface area contributed by atoms with E-state index in [1.54, 1.807) is 13.2 Å². The number of amides is 1. The first-order valence-electron chi connectivity index (χ1n) is 5.61. The first-order valence-corrected chi connectivity index (χ1v) is 6.60. The van der Waals surface area contributed by atoms with E-state index in [1.165, 1.54) is 4.68 Å². The highest BCUT2D eigenvalue weighted by atomic mass is 32.2. The van der Waals surface area contributed by atoms with Crippen molar-refractivity contribution >= 4 is 23.5 Å². The zero-order valence-corrected chi connectivity index (χ0v) is 11.3. The molecule has 2 heterocycles. The maximum Gasteiger partial charge on any atom is 0.259 e. The predicted molar refractivity (Wildman–Crippen MR) is 70.1 cm³/mol. The van der Waals surface area contributed by atoms with Gasteiger partial charge in [0.25, 0.3) is 5.91 Å². The average molecular weight is 254 g/mol. The van der Waals surface area contributed by atoms with Crippen molar-refractivity contribution < 1.29 is 4.79 Å². The van der Waals surface area contributed by atoms with Crippen LogP contribution < -0.4 is 5.73 Å². The van der Waals surface area contributed by atoms with Crippen LogP contribution in [-0.4, -0.2) is 44.2 Å². The molecule has 0 spiro atoms. The van der Waals surface area contributed by atoms with Crippen molar-refractivity contribution in [2.45, 2.75) is 18.6 Å². The van der Waals surface area contributed by atoms with E-state index in [-0.39, 0.29) is 10.7 Å². The van der Waals surface area contributed by atoms with Crippen molar-refractivity contribution in [3.8, 4) is 0 Å². The first kappa shape index (κ1) is 12.3. The van der Waals surface area contributed by atoms with Gasteiger partial charge in [-0.3, -0.25) is 9.48 Å². The van der Waals surface area contributed by atoms with Gasteiger partial charge in [-0.05, 0) is 13.8 Å². The van der Waals surface area contributed by atoms with Gasteiger partial charge in [0.05, 0.1) is 6.20 Å². The van der Waals surface area contributed by atoms with Crippen LogP contribution >= 0.6 is 11.8 Å². The summed E-state index contributed by atoms with van der Waals surface area (Å²) in [7, 11) is 1.74. The Bertz CT molecular complexity index is 441. The summed E-state index contributed by atoms with van der Waals surface area (Å²) in [6, 6.07) is 0. The second-order valence-corrected chi connectivity index (χ2v) is 6.70. The number of hydrogen-bond donors (Lipinski definition) is 1. The zero-order chi connectivity index (χ0) is 12.6. The number of aryl methyl sites for hydroxylation is 1. The second kappa shape index (κ2) is 4.25. The number of carbonyl (C=O) groups excluding carboxylic acids is 1. The Morgan fingerprint density at radius 1 is 1.59 bits per heavy atom. The fourth-order valence-corrected chi connectivity index (χ4v) is 3.08. The number of nitrogens with zero attached hydrogens (tertiary/aromatic N) is 3. The molecule has 1 fully saturated rings. The van der Waals surface area contributed by atoms with Gasteiger partial charge < -0.3 is 10.6 Å². The summed E-state index contributed by atoms with van der Waals surface area (Å²) < 4.78 is 1.64. The molecule has 2 rings (SSSR count). The number of carbonyl (C=O) groups is 1. The van der Waals surface area contributed by atoms with Gasteiger partial charge in [-0.2, -0.15) is 16.9 Å². The number of hydrogen-bond acceptors (Lipinski definition) is 4. The predicted octanol–water partition coefficient (Wildman–Crippen LogP) is 0.970. The van der Waals surface area contributed by atoms with E-state index in [1.807, 2.05) is 16.7 Å². The summed E-state index contributed by atoms with van der Waals surface area (Å²) in [4.78, 5) is 14.2. The Morgan fingerprint density at radius 3 is 2.82 bits per heavy atom. The molecule has 17 heavy (non-hydrogen) atoms. The van der Waals surface area contributed by atoms with Crippen LogP contribution in [0.3, 0.4) is 0 Å². The van der Waals surface area contributed by atoms with Gasteiger partial charge in [-0.1, -0.05) is 0 Å². The molecule has 0 bridgehead atoms. The molecule has 0 aromatic carbocycles. The normalized spacial score (nSPS) is 19.4. The molecule has 2 N–H and O–H groups in total. The molecule has 1 aromatic heterocycles. The van der Waals surface area contributed by atoms with E-state index < -0.39 is 0 Å². The molecule has 5 nitrogen and oxygen atoms in total. The van der Waals surface area contributed by atoms with E-state index in [0.717, 1.165) is 18.8 Å². The average Bonchev–Trinajstić information content (AvgIpc) is 2.57. The molecule has 0 saturated carbocycles. The van der Waals surface area contributed by atoms with Gasteiger partial charge in [0.1, 0.15) is 11.4 Å². The van der Waals surface area contributed by atoms with Crippen LogP contribution in [0.15, 0.2) is 6.20 Å². The molecular weight excluding hydrogens is 236 g/mol. The Balaban J connectivity index is 2.18. The fourth-order valence-electron chi connectivity index (χ4n) is 1.97. The highest BCUT2D eigenvalue weighted by Crippen LogP contribution is 2.30. The minimum Gasteiger partial charge on any atom is -0.383 e. The summed E-state index contributed by atoms with van der Waals surface area (Å²) in [5.74, 6) is 1.40. The van der Waals surface area contributed by atoms with E-state index >= 15 is 0 Å². The minimum atomic E-state index is -0.0102. The third-order valence-corrected chi connectivity index (χ3v) is 4.23. The topological polar surface area (TPSA) is 64.2 Å². The van der Waals surface area contributed by atoms with Gasteiger partial charge in [0.15, 0.2) is 0 Å². The maximum absolute atomic E-state index is 12.3. The van der Waals surface area contributed by atoms with E-state index in [9.17, 15) is 4.79 Å². The highest BCUT2D eigenvalue weighted by Gasteiger charge is 2.31. The number of anilines is 1. The zero-order valence-electron chi connectivity index (χ0n) is 10.4.